The largest absolute Gasteiger partial charge is 0.462 e. The molecule has 0 saturated carbocycles. The van der Waals surface area contributed by atoms with Crippen molar-refractivity contribution in [2.24, 2.45) is 5.92 Å². The van der Waals surface area contributed by atoms with Gasteiger partial charge >= 0.3 is 5.97 Å². The Morgan fingerprint density at radius 1 is 1.07 bits per heavy atom. The van der Waals surface area contributed by atoms with Crippen molar-refractivity contribution in [3.05, 3.63) is 72.3 Å². The highest BCUT2D eigenvalue weighted by atomic mass is 32.2. The van der Waals surface area contributed by atoms with Gasteiger partial charge in [-0.25, -0.2) is 13.2 Å². The number of rotatable bonds is 11. The summed E-state index contributed by atoms with van der Waals surface area (Å²) in [7, 11) is -3.24. The lowest BCUT2D eigenvalue weighted by molar-refractivity contribution is -0.137. The van der Waals surface area contributed by atoms with Crippen LogP contribution in [0.15, 0.2) is 71.0 Å². The van der Waals surface area contributed by atoms with Crippen molar-refractivity contribution in [1.82, 2.24) is 0 Å². The van der Waals surface area contributed by atoms with Gasteiger partial charge in [0.1, 0.15) is 6.61 Å². The Balaban J connectivity index is 1.91. The molecule has 4 nitrogen and oxygen atoms in total. The summed E-state index contributed by atoms with van der Waals surface area (Å²) in [5.74, 6) is 0.607. The minimum atomic E-state index is -3.24. The second kappa shape index (κ2) is 11.8. The number of thioether (sulfide) groups is 1. The van der Waals surface area contributed by atoms with E-state index < -0.39 is 15.8 Å². The van der Waals surface area contributed by atoms with Crippen LogP contribution in [-0.4, -0.2) is 32.5 Å². The molecule has 2 aromatic rings. The number of carbonyl (C=O) groups is 1. The molecule has 0 aromatic heterocycles. The number of hydrogen-bond donors (Lipinski definition) is 0. The van der Waals surface area contributed by atoms with E-state index in [9.17, 15) is 13.2 Å². The molecule has 0 radical (unpaired) electrons. The van der Waals surface area contributed by atoms with Crippen LogP contribution in [0.2, 0.25) is 0 Å². The lowest BCUT2D eigenvalue weighted by Gasteiger charge is -2.09. The number of carbonyl (C=O) groups excluding carboxylic acids is 1. The fraction of sp³-hybridized carbons (Fsp3) is 0.292. The van der Waals surface area contributed by atoms with Crippen LogP contribution in [0.5, 0.6) is 0 Å². The molecule has 0 aliphatic carbocycles. The van der Waals surface area contributed by atoms with E-state index in [1.54, 1.807) is 23.9 Å². The van der Waals surface area contributed by atoms with Crippen molar-refractivity contribution in [3.8, 4) is 0 Å². The van der Waals surface area contributed by atoms with Crippen LogP contribution < -0.4 is 0 Å². The van der Waals surface area contributed by atoms with E-state index in [1.807, 2.05) is 62.4 Å². The fourth-order valence-corrected chi connectivity index (χ4v) is 5.06. The second-order valence-electron chi connectivity index (χ2n) is 6.99. The molecule has 0 amide bonds. The van der Waals surface area contributed by atoms with Crippen LogP contribution in [0.25, 0.3) is 12.2 Å². The molecule has 0 bridgehead atoms. The van der Waals surface area contributed by atoms with Crippen molar-refractivity contribution < 1.29 is 17.9 Å². The molecule has 1 unspecified atom stereocenters. The van der Waals surface area contributed by atoms with Gasteiger partial charge in [0.05, 0.1) is 10.6 Å². The first-order valence-electron chi connectivity index (χ1n) is 9.87. The molecule has 6 heteroatoms. The first-order chi connectivity index (χ1) is 14.3. The van der Waals surface area contributed by atoms with Gasteiger partial charge in [0.15, 0.2) is 9.84 Å². The minimum absolute atomic E-state index is 0.151. The van der Waals surface area contributed by atoms with Gasteiger partial charge in [-0.2, -0.15) is 0 Å². The molecule has 0 aliphatic heterocycles. The highest BCUT2D eigenvalue weighted by molar-refractivity contribution is 7.99. The summed E-state index contributed by atoms with van der Waals surface area (Å²) in [6.45, 7) is 7.66. The first-order valence-corrected chi connectivity index (χ1v) is 12.5. The topological polar surface area (TPSA) is 60.4 Å². The third-order valence-corrected chi connectivity index (χ3v) is 7.53. The van der Waals surface area contributed by atoms with E-state index in [-0.39, 0.29) is 11.7 Å². The van der Waals surface area contributed by atoms with Crippen molar-refractivity contribution >= 4 is 39.7 Å². The molecule has 30 heavy (non-hydrogen) atoms. The van der Waals surface area contributed by atoms with E-state index >= 15 is 0 Å². The molecule has 0 fully saturated rings. The standard InChI is InChI=1S/C24H28O4S2/c1-4-19(3)18-30(26,27)23-14-10-21(11-15-23)7-6-20-8-12-22(13-9-20)29-17-16-28-24(25)5-2/h5-15,19H,2,4,16-18H2,1,3H3/b7-6+. The van der Waals surface area contributed by atoms with Gasteiger partial charge in [0.2, 0.25) is 0 Å². The zero-order valence-corrected chi connectivity index (χ0v) is 19.0. The van der Waals surface area contributed by atoms with Gasteiger partial charge in [-0.15, -0.1) is 11.8 Å². The van der Waals surface area contributed by atoms with Crippen molar-refractivity contribution in [3.63, 3.8) is 0 Å². The maximum Gasteiger partial charge on any atom is 0.330 e. The second-order valence-corrected chi connectivity index (χ2v) is 10.2. The van der Waals surface area contributed by atoms with Gasteiger partial charge in [-0.05, 0) is 41.3 Å². The maximum atomic E-state index is 12.4. The quantitative estimate of drug-likeness (QED) is 0.151. The average Bonchev–Trinajstić information content (AvgIpc) is 2.75. The van der Waals surface area contributed by atoms with E-state index in [0.717, 1.165) is 28.5 Å². The van der Waals surface area contributed by atoms with Crippen LogP contribution in [0.4, 0.5) is 0 Å². The normalized spacial score (nSPS) is 12.6. The van der Waals surface area contributed by atoms with Gasteiger partial charge in [-0.1, -0.05) is 63.3 Å². The van der Waals surface area contributed by atoms with E-state index in [4.69, 9.17) is 4.74 Å². The van der Waals surface area contributed by atoms with Gasteiger partial charge < -0.3 is 4.74 Å². The summed E-state index contributed by atoms with van der Waals surface area (Å²) in [4.78, 5) is 12.5. The minimum Gasteiger partial charge on any atom is -0.462 e. The van der Waals surface area contributed by atoms with Crippen molar-refractivity contribution in [2.75, 3.05) is 18.1 Å². The van der Waals surface area contributed by atoms with Crippen LogP contribution >= 0.6 is 11.8 Å². The van der Waals surface area contributed by atoms with Gasteiger partial charge in [0, 0.05) is 16.7 Å². The molecule has 0 saturated heterocycles. The third-order valence-electron chi connectivity index (χ3n) is 4.55. The predicted octanol–water partition coefficient (Wildman–Crippen LogP) is 5.50. The first kappa shape index (κ1) is 24.0. The van der Waals surface area contributed by atoms with Crippen LogP contribution in [-0.2, 0) is 19.4 Å². The molecule has 0 N–H and O–H groups in total. The van der Waals surface area contributed by atoms with Crippen molar-refractivity contribution in [2.45, 2.75) is 30.1 Å². The van der Waals surface area contributed by atoms with E-state index in [1.165, 1.54) is 0 Å². The maximum absolute atomic E-state index is 12.4. The van der Waals surface area contributed by atoms with Gasteiger partial charge in [-0.3, -0.25) is 0 Å². The molecule has 1 atom stereocenters. The van der Waals surface area contributed by atoms with Crippen molar-refractivity contribution in [1.29, 1.82) is 0 Å². The Kier molecular flexibility index (Phi) is 9.40. The summed E-state index contributed by atoms with van der Waals surface area (Å²) in [6, 6.07) is 15.1. The van der Waals surface area contributed by atoms with Crippen LogP contribution in [0.3, 0.4) is 0 Å². The Morgan fingerprint density at radius 2 is 1.63 bits per heavy atom. The summed E-state index contributed by atoms with van der Waals surface area (Å²) >= 11 is 1.61. The molecule has 2 aromatic carbocycles. The third kappa shape index (κ3) is 7.84. The summed E-state index contributed by atoms with van der Waals surface area (Å²) < 4.78 is 29.8. The summed E-state index contributed by atoms with van der Waals surface area (Å²) in [5, 5.41) is 0. The lowest BCUT2D eigenvalue weighted by atomic mass is 10.1. The molecule has 160 valence electrons. The molecular weight excluding hydrogens is 416 g/mol. The summed E-state index contributed by atoms with van der Waals surface area (Å²) in [6.07, 6.45) is 5.95. The number of benzene rings is 2. The zero-order chi connectivity index (χ0) is 22.0. The Labute approximate surface area is 184 Å². The average molecular weight is 445 g/mol. The van der Waals surface area contributed by atoms with E-state index in [0.29, 0.717) is 17.3 Å². The Bertz CT molecular complexity index is 959. The summed E-state index contributed by atoms with van der Waals surface area (Å²) in [5.41, 5.74) is 1.99. The monoisotopic (exact) mass is 444 g/mol. The highest BCUT2D eigenvalue weighted by Crippen LogP contribution is 2.20. The SMILES string of the molecule is C=CC(=O)OCCSc1ccc(/C=C/c2ccc(S(=O)(=O)CC(C)CC)cc2)cc1. The Hall–Kier alpha value is -2.31. The molecular formula is C24H28O4S2. The predicted molar refractivity (Wildman–Crippen MR) is 125 cm³/mol. The number of esters is 1. The number of ether oxygens (including phenoxy) is 1. The smallest absolute Gasteiger partial charge is 0.330 e. The number of sulfone groups is 1. The molecule has 0 heterocycles. The zero-order valence-electron chi connectivity index (χ0n) is 17.4. The van der Waals surface area contributed by atoms with E-state index in [2.05, 4.69) is 6.58 Å². The highest BCUT2D eigenvalue weighted by Gasteiger charge is 2.17. The Morgan fingerprint density at radius 3 is 2.17 bits per heavy atom. The van der Waals surface area contributed by atoms with Crippen LogP contribution in [0, 0.1) is 5.92 Å². The van der Waals surface area contributed by atoms with Crippen LogP contribution in [0.1, 0.15) is 31.4 Å². The molecule has 0 spiro atoms. The lowest BCUT2D eigenvalue weighted by Crippen LogP contribution is -2.13. The molecule has 2 rings (SSSR count). The van der Waals surface area contributed by atoms with Gasteiger partial charge in [0.25, 0.3) is 0 Å². The molecule has 0 aliphatic rings. The fourth-order valence-electron chi connectivity index (χ4n) is 2.60. The number of hydrogen-bond acceptors (Lipinski definition) is 5.